The van der Waals surface area contributed by atoms with Crippen molar-refractivity contribution < 1.29 is 9.59 Å². The van der Waals surface area contributed by atoms with Crippen molar-refractivity contribution in [3.05, 3.63) is 101 Å². The van der Waals surface area contributed by atoms with Crippen molar-refractivity contribution in [3.63, 3.8) is 0 Å². The molecule has 0 aromatic heterocycles. The van der Waals surface area contributed by atoms with Gasteiger partial charge in [0.1, 0.15) is 0 Å². The number of anilines is 1. The molecule has 0 unspecified atom stereocenters. The Balaban J connectivity index is 1.43. The van der Waals surface area contributed by atoms with Gasteiger partial charge in [-0.1, -0.05) is 95.9 Å². The van der Waals surface area contributed by atoms with E-state index in [0.29, 0.717) is 26.1 Å². The molecule has 3 aromatic rings. The molecule has 194 valence electrons. The van der Waals surface area contributed by atoms with Crippen molar-refractivity contribution in [2.24, 2.45) is 0 Å². The molecule has 37 heavy (non-hydrogen) atoms. The average molecular weight is 563 g/mol. The van der Waals surface area contributed by atoms with Gasteiger partial charge in [-0.2, -0.15) is 0 Å². The largest absolute Gasteiger partial charge is 0.338 e. The molecule has 0 aliphatic heterocycles. The normalized spacial score (nSPS) is 13.6. The minimum absolute atomic E-state index is 0.0806. The minimum Gasteiger partial charge on any atom is -0.338 e. The Kier molecular flexibility index (Phi) is 10.2. The zero-order valence-corrected chi connectivity index (χ0v) is 22.9. The van der Waals surface area contributed by atoms with E-state index < -0.39 is 0 Å². The van der Waals surface area contributed by atoms with Crippen LogP contribution in [-0.4, -0.2) is 40.9 Å². The number of hydrogen-bond acceptors (Lipinski definition) is 2. The third kappa shape index (κ3) is 8.46. The van der Waals surface area contributed by atoms with Gasteiger partial charge in [-0.15, -0.1) is 0 Å². The van der Waals surface area contributed by atoms with E-state index in [9.17, 15) is 9.59 Å². The van der Waals surface area contributed by atoms with Crippen LogP contribution in [0.4, 0.5) is 10.5 Å². The number of halogens is 1. The third-order valence-electron chi connectivity index (χ3n) is 7.02. The lowest BCUT2D eigenvalue weighted by Gasteiger charge is -2.35. The highest BCUT2D eigenvalue weighted by Gasteiger charge is 2.27. The molecule has 0 spiro atoms. The number of rotatable bonds is 10. The molecular formula is C31H36BrN3O2. The maximum Gasteiger partial charge on any atom is 0.322 e. The summed E-state index contributed by atoms with van der Waals surface area (Å²) in [6.07, 6.45) is 6.55. The van der Waals surface area contributed by atoms with Crippen LogP contribution in [0.15, 0.2) is 89.4 Å². The highest BCUT2D eigenvalue weighted by atomic mass is 79.9. The summed E-state index contributed by atoms with van der Waals surface area (Å²) >= 11 is 3.44. The number of carbonyl (C=O) groups is 2. The Morgan fingerprint density at radius 2 is 1.41 bits per heavy atom. The molecule has 5 nitrogen and oxygen atoms in total. The molecule has 1 aliphatic rings. The predicted molar refractivity (Wildman–Crippen MR) is 153 cm³/mol. The number of amides is 3. The number of carbonyl (C=O) groups excluding carboxylic acids is 2. The molecule has 4 rings (SSSR count). The van der Waals surface area contributed by atoms with Crippen molar-refractivity contribution in [1.29, 1.82) is 0 Å². The summed E-state index contributed by atoms with van der Waals surface area (Å²) in [5, 5.41) is 3.05. The summed E-state index contributed by atoms with van der Waals surface area (Å²) in [5.41, 5.74) is 3.08. The molecule has 0 heterocycles. The maximum absolute atomic E-state index is 13.5. The van der Waals surface area contributed by atoms with Gasteiger partial charge in [0.25, 0.3) is 0 Å². The second-order valence-electron chi connectivity index (χ2n) is 9.71. The summed E-state index contributed by atoms with van der Waals surface area (Å²) in [4.78, 5) is 30.7. The van der Waals surface area contributed by atoms with E-state index in [1.807, 2.05) is 70.5 Å². The lowest BCUT2D eigenvalue weighted by atomic mass is 9.94. The smallest absolute Gasteiger partial charge is 0.322 e. The average Bonchev–Trinajstić information content (AvgIpc) is 2.94. The van der Waals surface area contributed by atoms with Crippen molar-refractivity contribution in [3.8, 4) is 0 Å². The van der Waals surface area contributed by atoms with Crippen LogP contribution in [0, 0.1) is 0 Å². The number of urea groups is 1. The quantitative estimate of drug-likeness (QED) is 0.283. The van der Waals surface area contributed by atoms with E-state index in [-0.39, 0.29) is 18.0 Å². The van der Waals surface area contributed by atoms with Crippen LogP contribution in [-0.2, 0) is 17.8 Å². The van der Waals surface area contributed by atoms with Crippen molar-refractivity contribution in [2.45, 2.75) is 57.5 Å². The highest BCUT2D eigenvalue weighted by Crippen LogP contribution is 2.24. The van der Waals surface area contributed by atoms with E-state index in [1.54, 1.807) is 0 Å². The van der Waals surface area contributed by atoms with Gasteiger partial charge < -0.3 is 15.1 Å². The molecule has 0 atom stereocenters. The van der Waals surface area contributed by atoms with Gasteiger partial charge in [0.2, 0.25) is 5.91 Å². The van der Waals surface area contributed by atoms with E-state index in [0.717, 1.165) is 47.8 Å². The molecular weight excluding hydrogens is 526 g/mol. The Hall–Kier alpha value is -3.12. The first-order valence-electron chi connectivity index (χ1n) is 13.3. The zero-order valence-electron chi connectivity index (χ0n) is 21.3. The first-order chi connectivity index (χ1) is 18.1. The van der Waals surface area contributed by atoms with Gasteiger partial charge in [-0.05, 0) is 54.7 Å². The summed E-state index contributed by atoms with van der Waals surface area (Å²) in [6, 6.07) is 28.0. The van der Waals surface area contributed by atoms with Gasteiger partial charge in [0.05, 0.1) is 0 Å². The van der Waals surface area contributed by atoms with Crippen molar-refractivity contribution >= 4 is 33.6 Å². The van der Waals surface area contributed by atoms with E-state index in [1.165, 1.54) is 12.0 Å². The van der Waals surface area contributed by atoms with Gasteiger partial charge in [-0.3, -0.25) is 4.79 Å². The monoisotopic (exact) mass is 561 g/mol. The van der Waals surface area contributed by atoms with Crippen LogP contribution in [0.25, 0.3) is 0 Å². The van der Waals surface area contributed by atoms with E-state index in [4.69, 9.17) is 0 Å². The Morgan fingerprint density at radius 3 is 2.05 bits per heavy atom. The highest BCUT2D eigenvalue weighted by molar-refractivity contribution is 9.10. The van der Waals surface area contributed by atoms with Gasteiger partial charge in [0, 0.05) is 42.3 Å². The fourth-order valence-electron chi connectivity index (χ4n) is 4.95. The summed E-state index contributed by atoms with van der Waals surface area (Å²) in [5.74, 6) is 0.0806. The van der Waals surface area contributed by atoms with Crippen LogP contribution in [0.5, 0.6) is 0 Å². The molecule has 3 amide bonds. The number of nitrogens with zero attached hydrogens (tertiary/aromatic N) is 2. The molecule has 1 N–H and O–H groups in total. The second kappa shape index (κ2) is 14.0. The fourth-order valence-corrected chi connectivity index (χ4v) is 5.21. The van der Waals surface area contributed by atoms with Crippen molar-refractivity contribution in [1.82, 2.24) is 9.80 Å². The van der Waals surface area contributed by atoms with Crippen LogP contribution in [0.3, 0.4) is 0 Å². The summed E-state index contributed by atoms with van der Waals surface area (Å²) in [7, 11) is 0. The zero-order chi connectivity index (χ0) is 25.9. The lowest BCUT2D eigenvalue weighted by Crippen LogP contribution is -2.46. The molecule has 3 aromatic carbocycles. The Morgan fingerprint density at radius 1 is 0.784 bits per heavy atom. The predicted octanol–water partition coefficient (Wildman–Crippen LogP) is 7.28. The molecule has 0 radical (unpaired) electrons. The van der Waals surface area contributed by atoms with Crippen molar-refractivity contribution in [2.75, 3.05) is 18.4 Å². The van der Waals surface area contributed by atoms with Crippen LogP contribution < -0.4 is 5.32 Å². The standard InChI is InChI=1S/C31H36BrN3O2/c32-27-16-18-28(19-17-27)33-31(37)35(29-14-8-3-9-15-29)23-21-30(36)34(24-26-12-6-2-7-13-26)22-20-25-10-4-1-5-11-25/h1-2,4-7,10-13,16-19,29H,3,8-9,14-15,20-24H2,(H,33,37). The van der Waals surface area contributed by atoms with Gasteiger partial charge in [0.15, 0.2) is 0 Å². The van der Waals surface area contributed by atoms with Crippen LogP contribution >= 0.6 is 15.9 Å². The fraction of sp³-hybridized carbons (Fsp3) is 0.355. The second-order valence-corrected chi connectivity index (χ2v) is 10.6. The minimum atomic E-state index is -0.124. The lowest BCUT2D eigenvalue weighted by molar-refractivity contribution is -0.132. The number of nitrogens with one attached hydrogen (secondary N) is 1. The third-order valence-corrected chi connectivity index (χ3v) is 7.55. The molecule has 0 bridgehead atoms. The number of hydrogen-bond donors (Lipinski definition) is 1. The molecule has 1 saturated carbocycles. The van der Waals surface area contributed by atoms with Gasteiger partial charge in [-0.25, -0.2) is 4.79 Å². The number of benzene rings is 3. The first kappa shape index (κ1) is 26.9. The molecule has 1 aliphatic carbocycles. The summed E-state index contributed by atoms with van der Waals surface area (Å²) < 4.78 is 0.967. The first-order valence-corrected chi connectivity index (χ1v) is 14.1. The summed E-state index contributed by atoms with van der Waals surface area (Å²) in [6.45, 7) is 1.63. The molecule has 6 heteroatoms. The van der Waals surface area contributed by atoms with E-state index in [2.05, 4.69) is 45.5 Å². The SMILES string of the molecule is O=C(CCN(C(=O)Nc1ccc(Br)cc1)C1CCCCC1)N(CCc1ccccc1)Cc1ccccc1. The Bertz CT molecular complexity index is 1120. The topological polar surface area (TPSA) is 52.7 Å². The Labute approximate surface area is 229 Å². The molecule has 1 fully saturated rings. The maximum atomic E-state index is 13.5. The van der Waals surface area contributed by atoms with Gasteiger partial charge >= 0.3 is 6.03 Å². The van der Waals surface area contributed by atoms with E-state index >= 15 is 0 Å². The molecule has 0 saturated heterocycles. The van der Waals surface area contributed by atoms with Crippen LogP contribution in [0.2, 0.25) is 0 Å². The van der Waals surface area contributed by atoms with Crippen LogP contribution in [0.1, 0.15) is 49.7 Å².